The maximum atomic E-state index is 12.6. The van der Waals surface area contributed by atoms with Gasteiger partial charge in [-0.1, -0.05) is 59.5 Å². The Hall–Kier alpha value is -2.69. The van der Waals surface area contributed by atoms with E-state index in [0.29, 0.717) is 26.1 Å². The molecule has 2 aromatic rings. The molecule has 0 spiro atoms. The van der Waals surface area contributed by atoms with Crippen LogP contribution in [0.25, 0.3) is 6.08 Å². The molecule has 7 nitrogen and oxygen atoms in total. The van der Waals surface area contributed by atoms with Gasteiger partial charge in [0.25, 0.3) is 11.6 Å². The van der Waals surface area contributed by atoms with Gasteiger partial charge in [0, 0.05) is 23.9 Å². The number of carbonyl (C=O) groups excluding carboxylic acids is 1. The highest BCUT2D eigenvalue weighted by atomic mass is 32.2. The SMILES string of the molecule is Cc1ccc(Sc2ccc(C=C3SC(=S)N(CCCC(=O)O)C3=O)cc2[N+](=O)[O-])cc1. The molecule has 31 heavy (non-hydrogen) atoms. The number of carboxylic acid groups (broad SMARTS) is 1. The number of hydrogen-bond acceptors (Lipinski definition) is 7. The van der Waals surface area contributed by atoms with Crippen molar-refractivity contribution in [3.8, 4) is 0 Å². The molecule has 1 saturated heterocycles. The van der Waals surface area contributed by atoms with Crippen LogP contribution in [0.5, 0.6) is 0 Å². The Morgan fingerprint density at radius 3 is 2.65 bits per heavy atom. The maximum Gasteiger partial charge on any atom is 0.303 e. The number of aryl methyl sites for hydroxylation is 1. The second-order valence-electron chi connectivity index (χ2n) is 6.73. The number of amides is 1. The minimum Gasteiger partial charge on any atom is -0.481 e. The fraction of sp³-hybridized carbons (Fsp3) is 0.190. The standard InChI is InChI=1S/C21H18N2O5S3/c1-13-4-7-15(8-5-13)30-17-9-6-14(11-16(17)23(27)28)12-18-20(26)22(21(29)31-18)10-2-3-19(24)25/h4-9,11-12H,2-3,10H2,1H3,(H,24,25). The molecule has 0 unspecified atom stereocenters. The topological polar surface area (TPSA) is 101 Å². The Bertz CT molecular complexity index is 1080. The third-order valence-electron chi connectivity index (χ3n) is 4.37. The predicted molar refractivity (Wildman–Crippen MR) is 125 cm³/mol. The molecule has 160 valence electrons. The minimum atomic E-state index is -0.933. The van der Waals surface area contributed by atoms with E-state index in [-0.39, 0.29) is 24.6 Å². The number of carbonyl (C=O) groups is 2. The summed E-state index contributed by atoms with van der Waals surface area (Å²) in [5.74, 6) is -1.25. The molecule has 0 bridgehead atoms. The van der Waals surface area contributed by atoms with Crippen LogP contribution in [0, 0.1) is 17.0 Å². The molecule has 1 fully saturated rings. The van der Waals surface area contributed by atoms with Crippen LogP contribution in [0.2, 0.25) is 0 Å². The first-order valence-corrected chi connectivity index (χ1v) is 11.3. The quantitative estimate of drug-likeness (QED) is 0.243. The van der Waals surface area contributed by atoms with Crippen molar-refractivity contribution in [3.05, 3.63) is 68.6 Å². The van der Waals surface area contributed by atoms with Crippen LogP contribution in [-0.4, -0.2) is 37.7 Å². The number of nitro benzene ring substituents is 1. The van der Waals surface area contributed by atoms with Crippen molar-refractivity contribution in [1.29, 1.82) is 0 Å². The summed E-state index contributed by atoms with van der Waals surface area (Å²) in [5.41, 5.74) is 1.58. The van der Waals surface area contributed by atoms with Crippen molar-refractivity contribution in [1.82, 2.24) is 4.90 Å². The third-order valence-corrected chi connectivity index (χ3v) is 6.82. The first-order chi connectivity index (χ1) is 14.7. The fourth-order valence-electron chi connectivity index (χ4n) is 2.82. The van der Waals surface area contributed by atoms with Gasteiger partial charge in [0.2, 0.25) is 0 Å². The van der Waals surface area contributed by atoms with Gasteiger partial charge >= 0.3 is 5.97 Å². The van der Waals surface area contributed by atoms with Gasteiger partial charge in [-0.2, -0.15) is 0 Å². The summed E-state index contributed by atoms with van der Waals surface area (Å²) in [4.78, 5) is 37.6. The summed E-state index contributed by atoms with van der Waals surface area (Å²) in [6.07, 6.45) is 1.82. The van der Waals surface area contributed by atoms with Crippen LogP contribution >= 0.6 is 35.7 Å². The summed E-state index contributed by atoms with van der Waals surface area (Å²) in [5, 5.41) is 20.4. The number of hydrogen-bond donors (Lipinski definition) is 1. The fourth-order valence-corrected chi connectivity index (χ4v) is 5.03. The van der Waals surface area contributed by atoms with Crippen molar-refractivity contribution in [3.63, 3.8) is 0 Å². The van der Waals surface area contributed by atoms with Gasteiger partial charge in [-0.15, -0.1) is 0 Å². The van der Waals surface area contributed by atoms with Gasteiger partial charge in [-0.05, 0) is 43.2 Å². The predicted octanol–water partition coefficient (Wildman–Crippen LogP) is 5.12. The molecule has 1 amide bonds. The van der Waals surface area contributed by atoms with Crippen molar-refractivity contribution in [2.45, 2.75) is 29.6 Å². The van der Waals surface area contributed by atoms with Crippen LogP contribution in [0.4, 0.5) is 5.69 Å². The highest BCUT2D eigenvalue weighted by Gasteiger charge is 2.31. The zero-order valence-corrected chi connectivity index (χ0v) is 18.9. The highest BCUT2D eigenvalue weighted by Crippen LogP contribution is 2.37. The maximum absolute atomic E-state index is 12.6. The molecular formula is C21H18N2O5S3. The Balaban J connectivity index is 1.80. The lowest BCUT2D eigenvalue weighted by atomic mass is 10.2. The second kappa shape index (κ2) is 10.1. The molecule has 0 atom stereocenters. The largest absolute Gasteiger partial charge is 0.481 e. The Labute approximate surface area is 192 Å². The second-order valence-corrected chi connectivity index (χ2v) is 9.52. The molecule has 1 heterocycles. The van der Waals surface area contributed by atoms with Crippen LogP contribution in [0.15, 0.2) is 57.2 Å². The third kappa shape index (κ3) is 5.93. The van der Waals surface area contributed by atoms with Crippen LogP contribution in [0.3, 0.4) is 0 Å². The summed E-state index contributed by atoms with van der Waals surface area (Å²) < 4.78 is 0.350. The first kappa shape index (κ1) is 23.0. The lowest BCUT2D eigenvalue weighted by Gasteiger charge is -2.13. The first-order valence-electron chi connectivity index (χ1n) is 9.24. The summed E-state index contributed by atoms with van der Waals surface area (Å²) >= 11 is 7.64. The monoisotopic (exact) mass is 474 g/mol. The average Bonchev–Trinajstić information content (AvgIpc) is 2.97. The molecule has 1 aliphatic heterocycles. The Morgan fingerprint density at radius 2 is 2.00 bits per heavy atom. The van der Waals surface area contributed by atoms with Crippen molar-refractivity contribution in [2.24, 2.45) is 0 Å². The molecule has 0 aliphatic carbocycles. The summed E-state index contributed by atoms with van der Waals surface area (Å²) in [7, 11) is 0. The van der Waals surface area contributed by atoms with E-state index in [2.05, 4.69) is 0 Å². The van der Waals surface area contributed by atoms with Crippen LogP contribution in [-0.2, 0) is 9.59 Å². The smallest absolute Gasteiger partial charge is 0.303 e. The van der Waals surface area contributed by atoms with E-state index in [0.717, 1.165) is 22.2 Å². The number of carboxylic acids is 1. The molecule has 1 N–H and O–H groups in total. The molecule has 0 radical (unpaired) electrons. The molecule has 1 aliphatic rings. The average molecular weight is 475 g/mol. The molecule has 2 aromatic carbocycles. The van der Waals surface area contributed by atoms with Crippen LogP contribution in [0.1, 0.15) is 24.0 Å². The van der Waals surface area contributed by atoms with E-state index in [9.17, 15) is 19.7 Å². The van der Waals surface area contributed by atoms with Gasteiger partial charge in [-0.25, -0.2) is 0 Å². The summed E-state index contributed by atoms with van der Waals surface area (Å²) in [6.45, 7) is 2.20. The number of thiocarbonyl (C=S) groups is 1. The van der Waals surface area contributed by atoms with Gasteiger partial charge in [0.15, 0.2) is 0 Å². The van der Waals surface area contributed by atoms with Gasteiger partial charge < -0.3 is 5.11 Å². The number of benzene rings is 2. The lowest BCUT2D eigenvalue weighted by Crippen LogP contribution is -2.29. The Morgan fingerprint density at radius 1 is 1.29 bits per heavy atom. The number of nitrogens with zero attached hydrogens (tertiary/aromatic N) is 2. The lowest BCUT2D eigenvalue weighted by molar-refractivity contribution is -0.387. The van der Waals surface area contributed by atoms with E-state index in [4.69, 9.17) is 17.3 Å². The van der Waals surface area contributed by atoms with Crippen molar-refractivity contribution in [2.75, 3.05) is 6.54 Å². The van der Waals surface area contributed by atoms with Crippen molar-refractivity contribution < 1.29 is 19.6 Å². The molecule has 0 aromatic heterocycles. The number of nitro groups is 1. The van der Waals surface area contributed by atoms with Crippen LogP contribution < -0.4 is 0 Å². The molecule has 3 rings (SSSR count). The molecular weight excluding hydrogens is 456 g/mol. The zero-order valence-electron chi connectivity index (χ0n) is 16.4. The van der Waals surface area contributed by atoms with E-state index in [1.807, 2.05) is 31.2 Å². The highest BCUT2D eigenvalue weighted by molar-refractivity contribution is 8.26. The number of aliphatic carboxylic acids is 1. The Kier molecular flexibility index (Phi) is 7.47. The van der Waals surface area contributed by atoms with E-state index in [1.165, 1.54) is 22.7 Å². The van der Waals surface area contributed by atoms with Gasteiger partial charge in [0.05, 0.1) is 14.7 Å². The number of rotatable bonds is 8. The van der Waals surface area contributed by atoms with Gasteiger partial charge in [-0.3, -0.25) is 24.6 Å². The minimum absolute atomic E-state index is 0.0451. The molecule has 10 heteroatoms. The zero-order chi connectivity index (χ0) is 22.5. The van der Waals surface area contributed by atoms with Crippen molar-refractivity contribution >= 4 is 63.7 Å². The van der Waals surface area contributed by atoms with Gasteiger partial charge in [0.1, 0.15) is 4.32 Å². The molecule has 0 saturated carbocycles. The summed E-state index contributed by atoms with van der Waals surface area (Å²) in [6, 6.07) is 12.5. The normalized spacial score (nSPS) is 15.0. The van der Waals surface area contributed by atoms with E-state index < -0.39 is 10.9 Å². The van der Waals surface area contributed by atoms with E-state index >= 15 is 0 Å². The number of thioether (sulfide) groups is 1. The van der Waals surface area contributed by atoms with E-state index in [1.54, 1.807) is 18.2 Å².